The molecule has 1 unspecified atom stereocenters. The number of ether oxygens (including phenoxy) is 1. The van der Waals surface area contributed by atoms with Gasteiger partial charge in [-0.05, 0) is 37.5 Å². The fourth-order valence-corrected chi connectivity index (χ4v) is 2.99. The molecule has 0 spiro atoms. The first-order valence-electron chi connectivity index (χ1n) is 6.86. The minimum atomic E-state index is -1.49. The molecule has 3 nitrogen and oxygen atoms in total. The fourth-order valence-electron chi connectivity index (χ4n) is 2.99. The number of benzene rings is 2. The van der Waals surface area contributed by atoms with E-state index in [0.717, 1.165) is 16.7 Å². The van der Waals surface area contributed by atoms with Crippen LogP contribution in [0.1, 0.15) is 27.8 Å². The number of carboxylic acids is 1. The molecule has 110 valence electrons. The van der Waals surface area contributed by atoms with Crippen molar-refractivity contribution in [2.45, 2.75) is 26.4 Å². The van der Waals surface area contributed by atoms with Crippen molar-refractivity contribution in [1.82, 2.24) is 0 Å². The predicted octanol–water partition coefficient (Wildman–Crippen LogP) is 3.59. The predicted molar refractivity (Wildman–Crippen MR) is 82.5 cm³/mol. The normalized spacial score (nSPS) is 13.7. The molecule has 0 aliphatic carbocycles. The van der Waals surface area contributed by atoms with Gasteiger partial charge in [-0.15, -0.1) is 0 Å². The lowest BCUT2D eigenvalue weighted by Gasteiger charge is -2.33. The number of aryl methyl sites for hydroxylation is 3. The van der Waals surface area contributed by atoms with Crippen molar-refractivity contribution < 1.29 is 14.6 Å². The van der Waals surface area contributed by atoms with Gasteiger partial charge in [0.25, 0.3) is 0 Å². The molecule has 1 N–H and O–H groups in total. The quantitative estimate of drug-likeness (QED) is 0.933. The average Bonchev–Trinajstić information content (AvgIpc) is 2.44. The maximum Gasteiger partial charge on any atom is 0.345 e. The SMILES string of the molecule is COC(C(=O)O)(c1ccccc1C)c1c(C)cccc1C. The lowest BCUT2D eigenvalue weighted by Crippen LogP contribution is -2.41. The summed E-state index contributed by atoms with van der Waals surface area (Å²) >= 11 is 0. The minimum absolute atomic E-state index is 0.664. The van der Waals surface area contributed by atoms with Crippen molar-refractivity contribution in [2.24, 2.45) is 0 Å². The lowest BCUT2D eigenvalue weighted by atomic mass is 9.79. The summed E-state index contributed by atoms with van der Waals surface area (Å²) in [5.74, 6) is -1.00. The Labute approximate surface area is 125 Å². The molecular formula is C18H20O3. The van der Waals surface area contributed by atoms with Crippen LogP contribution in [0, 0.1) is 20.8 Å². The number of rotatable bonds is 4. The summed E-state index contributed by atoms with van der Waals surface area (Å²) in [4.78, 5) is 12.2. The highest BCUT2D eigenvalue weighted by Crippen LogP contribution is 2.39. The summed E-state index contributed by atoms with van der Waals surface area (Å²) in [5, 5.41) is 9.98. The zero-order chi connectivity index (χ0) is 15.6. The molecule has 3 heteroatoms. The standard InChI is InChI=1S/C18H20O3/c1-12-8-5-6-11-15(12)18(21-4,17(19)20)16-13(2)9-7-10-14(16)3/h5-11H,1-4H3,(H,19,20). The third-order valence-electron chi connectivity index (χ3n) is 3.96. The first kappa shape index (κ1) is 15.3. The van der Waals surface area contributed by atoms with Gasteiger partial charge in [0, 0.05) is 18.2 Å². The van der Waals surface area contributed by atoms with E-state index in [2.05, 4.69) is 0 Å². The summed E-state index contributed by atoms with van der Waals surface area (Å²) in [6.45, 7) is 5.73. The summed E-state index contributed by atoms with van der Waals surface area (Å²) in [7, 11) is 1.45. The summed E-state index contributed by atoms with van der Waals surface area (Å²) in [6, 6.07) is 13.2. The van der Waals surface area contributed by atoms with Crippen molar-refractivity contribution in [3.8, 4) is 0 Å². The fraction of sp³-hybridized carbons (Fsp3) is 0.278. The average molecular weight is 284 g/mol. The summed E-state index contributed by atoms with van der Waals surface area (Å²) in [5.41, 5.74) is 2.59. The largest absolute Gasteiger partial charge is 0.479 e. The van der Waals surface area contributed by atoms with Crippen molar-refractivity contribution >= 4 is 5.97 Å². The molecule has 0 amide bonds. The van der Waals surface area contributed by atoms with Gasteiger partial charge in [-0.3, -0.25) is 0 Å². The van der Waals surface area contributed by atoms with E-state index in [1.807, 2.05) is 63.2 Å². The molecule has 2 rings (SSSR count). The lowest BCUT2D eigenvalue weighted by molar-refractivity contribution is -0.158. The van der Waals surface area contributed by atoms with Gasteiger partial charge in [-0.25, -0.2) is 4.79 Å². The van der Waals surface area contributed by atoms with E-state index in [-0.39, 0.29) is 0 Å². The first-order valence-corrected chi connectivity index (χ1v) is 6.86. The van der Waals surface area contributed by atoms with Crippen LogP contribution < -0.4 is 0 Å². The van der Waals surface area contributed by atoms with E-state index < -0.39 is 11.6 Å². The van der Waals surface area contributed by atoms with Gasteiger partial charge in [0.2, 0.25) is 5.60 Å². The topological polar surface area (TPSA) is 46.5 Å². The third-order valence-corrected chi connectivity index (χ3v) is 3.96. The Kier molecular flexibility index (Phi) is 4.14. The van der Waals surface area contributed by atoms with Gasteiger partial charge in [0.05, 0.1) is 0 Å². The maximum atomic E-state index is 12.2. The van der Waals surface area contributed by atoms with Crippen LogP contribution >= 0.6 is 0 Å². The molecule has 21 heavy (non-hydrogen) atoms. The molecular weight excluding hydrogens is 264 g/mol. The third kappa shape index (κ3) is 2.34. The number of methoxy groups -OCH3 is 1. The van der Waals surface area contributed by atoms with Crippen molar-refractivity contribution in [1.29, 1.82) is 0 Å². The van der Waals surface area contributed by atoms with Crippen LogP contribution in [0.25, 0.3) is 0 Å². The molecule has 0 aliphatic rings. The van der Waals surface area contributed by atoms with Gasteiger partial charge in [-0.1, -0.05) is 42.5 Å². The van der Waals surface area contributed by atoms with Crippen LogP contribution in [0.15, 0.2) is 42.5 Å². The second-order valence-electron chi connectivity index (χ2n) is 5.27. The molecule has 0 radical (unpaired) electrons. The Bertz CT molecular complexity index is 656. The number of carbonyl (C=O) groups is 1. The Morgan fingerprint density at radius 1 is 0.952 bits per heavy atom. The van der Waals surface area contributed by atoms with Crippen LogP contribution in [0.5, 0.6) is 0 Å². The zero-order valence-corrected chi connectivity index (χ0v) is 12.8. The van der Waals surface area contributed by atoms with Crippen LogP contribution in [0.2, 0.25) is 0 Å². The smallest absolute Gasteiger partial charge is 0.345 e. The Hall–Kier alpha value is -2.13. The van der Waals surface area contributed by atoms with Crippen LogP contribution in [0.4, 0.5) is 0 Å². The van der Waals surface area contributed by atoms with Crippen molar-refractivity contribution in [2.75, 3.05) is 7.11 Å². The molecule has 0 heterocycles. The molecule has 0 bridgehead atoms. The Balaban J connectivity index is 2.87. The van der Waals surface area contributed by atoms with E-state index in [0.29, 0.717) is 11.1 Å². The van der Waals surface area contributed by atoms with Crippen LogP contribution in [-0.2, 0) is 15.1 Å². The highest BCUT2D eigenvalue weighted by atomic mass is 16.5. The van der Waals surface area contributed by atoms with Gasteiger partial charge in [-0.2, -0.15) is 0 Å². The molecule has 0 aliphatic heterocycles. The Morgan fingerprint density at radius 2 is 1.48 bits per heavy atom. The van der Waals surface area contributed by atoms with Crippen molar-refractivity contribution in [3.63, 3.8) is 0 Å². The number of hydrogen-bond acceptors (Lipinski definition) is 2. The molecule has 0 fully saturated rings. The molecule has 0 saturated heterocycles. The zero-order valence-electron chi connectivity index (χ0n) is 12.8. The van der Waals surface area contributed by atoms with E-state index in [4.69, 9.17) is 4.74 Å². The van der Waals surface area contributed by atoms with E-state index >= 15 is 0 Å². The highest BCUT2D eigenvalue weighted by molar-refractivity contribution is 5.85. The molecule has 0 saturated carbocycles. The van der Waals surface area contributed by atoms with Gasteiger partial charge in [0.15, 0.2) is 0 Å². The summed E-state index contributed by atoms with van der Waals surface area (Å²) < 4.78 is 5.61. The second-order valence-corrected chi connectivity index (χ2v) is 5.27. The second kappa shape index (κ2) is 5.70. The molecule has 1 atom stereocenters. The van der Waals surface area contributed by atoms with Crippen LogP contribution in [-0.4, -0.2) is 18.2 Å². The monoisotopic (exact) mass is 284 g/mol. The number of hydrogen-bond donors (Lipinski definition) is 1. The van der Waals surface area contributed by atoms with Gasteiger partial charge >= 0.3 is 5.97 Å². The van der Waals surface area contributed by atoms with Crippen molar-refractivity contribution in [3.05, 3.63) is 70.3 Å². The minimum Gasteiger partial charge on any atom is -0.479 e. The highest BCUT2D eigenvalue weighted by Gasteiger charge is 2.45. The van der Waals surface area contributed by atoms with Gasteiger partial charge in [0.1, 0.15) is 0 Å². The number of carboxylic acid groups (broad SMARTS) is 1. The van der Waals surface area contributed by atoms with E-state index in [9.17, 15) is 9.90 Å². The maximum absolute atomic E-state index is 12.2. The number of aliphatic carboxylic acids is 1. The van der Waals surface area contributed by atoms with Crippen LogP contribution in [0.3, 0.4) is 0 Å². The van der Waals surface area contributed by atoms with Gasteiger partial charge < -0.3 is 9.84 Å². The molecule has 2 aromatic carbocycles. The van der Waals surface area contributed by atoms with E-state index in [1.54, 1.807) is 0 Å². The first-order chi connectivity index (χ1) is 9.95. The molecule has 0 aromatic heterocycles. The Morgan fingerprint density at radius 3 is 1.95 bits per heavy atom. The van der Waals surface area contributed by atoms with E-state index in [1.165, 1.54) is 7.11 Å². The summed E-state index contributed by atoms with van der Waals surface area (Å²) in [6.07, 6.45) is 0. The molecule has 2 aromatic rings.